The van der Waals surface area contributed by atoms with Gasteiger partial charge in [-0.2, -0.15) is 4.21 Å². The van der Waals surface area contributed by atoms with Crippen molar-refractivity contribution in [2.45, 2.75) is 34.6 Å². The molecule has 7 N–H and O–H groups in total. The summed E-state index contributed by atoms with van der Waals surface area (Å²) in [6.07, 6.45) is 0. The van der Waals surface area contributed by atoms with E-state index in [0.717, 1.165) is 34.6 Å². The van der Waals surface area contributed by atoms with Gasteiger partial charge in [0.2, 0.25) is 0 Å². The average molecular weight is 406 g/mol. The molecule has 0 spiro atoms. The van der Waals surface area contributed by atoms with Crippen molar-refractivity contribution in [1.29, 1.82) is 0 Å². The molecular formula is C10H23NaO13S. The maximum absolute atomic E-state index is 9.00. The van der Waals surface area contributed by atoms with Crippen LogP contribution in [0.5, 0.6) is 0 Å². The number of carbonyl (C=O) groups is 5. The minimum atomic E-state index is -2.61. The van der Waals surface area contributed by atoms with Gasteiger partial charge in [0, 0.05) is 34.6 Å². The summed E-state index contributed by atoms with van der Waals surface area (Å²) in [5, 5.41) is 37.1. The Morgan fingerprint density at radius 2 is 0.560 bits per heavy atom. The van der Waals surface area contributed by atoms with E-state index in [4.69, 9.17) is 62.8 Å². The van der Waals surface area contributed by atoms with Gasteiger partial charge in [0.05, 0.1) is 0 Å². The molecule has 0 atom stereocenters. The molecule has 15 heteroatoms. The maximum atomic E-state index is 9.00. The van der Waals surface area contributed by atoms with Gasteiger partial charge >= 0.3 is 29.6 Å². The van der Waals surface area contributed by atoms with E-state index in [2.05, 4.69) is 0 Å². The fourth-order valence-corrected chi connectivity index (χ4v) is 0. The molecule has 0 aromatic rings. The van der Waals surface area contributed by atoms with Gasteiger partial charge in [-0.3, -0.25) is 33.1 Å². The third kappa shape index (κ3) is 3740. The second kappa shape index (κ2) is 38.2. The van der Waals surface area contributed by atoms with Crippen molar-refractivity contribution in [1.82, 2.24) is 0 Å². The van der Waals surface area contributed by atoms with Crippen LogP contribution < -0.4 is 29.6 Å². The third-order valence-electron chi connectivity index (χ3n) is 0. The van der Waals surface area contributed by atoms with Crippen LogP contribution in [-0.4, -0.2) is 68.7 Å². The number of hydrogen-bond donors (Lipinski definition) is 7. The zero-order valence-electron chi connectivity index (χ0n) is 15.5. The summed E-state index contributed by atoms with van der Waals surface area (Å²) < 4.78 is 22.8. The normalized spacial score (nSPS) is 6.40. The van der Waals surface area contributed by atoms with Crippen LogP contribution in [0.15, 0.2) is 0 Å². The first kappa shape index (κ1) is 43.7. The monoisotopic (exact) mass is 406 g/mol. The van der Waals surface area contributed by atoms with Crippen molar-refractivity contribution in [3.05, 3.63) is 0 Å². The maximum Gasteiger partial charge on any atom is 1.00 e. The third-order valence-corrected chi connectivity index (χ3v) is 0. The molecular weight excluding hydrogens is 383 g/mol. The molecule has 0 amide bonds. The first-order valence-electron chi connectivity index (χ1n) is 5.17. The minimum absolute atomic E-state index is 0. The average Bonchev–Trinajstić information content (AvgIpc) is 2.08. The van der Waals surface area contributed by atoms with Crippen LogP contribution in [0.2, 0.25) is 0 Å². The van der Waals surface area contributed by atoms with Crippen molar-refractivity contribution < 1.29 is 93.8 Å². The van der Waals surface area contributed by atoms with Gasteiger partial charge in [-0.1, -0.05) is 0 Å². The summed E-state index contributed by atoms with van der Waals surface area (Å²) in [4.78, 5) is 45.0. The van der Waals surface area contributed by atoms with E-state index in [9.17, 15) is 0 Å². The zero-order chi connectivity index (χ0) is 21.5. The summed E-state index contributed by atoms with van der Waals surface area (Å²) >= 11 is -2.61. The predicted octanol–water partition coefficient (Wildman–Crippen LogP) is -2.75. The second-order valence-electron chi connectivity index (χ2n) is 2.83. The largest absolute Gasteiger partial charge is 1.00 e. The molecule has 0 saturated carbocycles. The van der Waals surface area contributed by atoms with Crippen LogP contribution >= 0.6 is 0 Å². The number of hydrogen-bond acceptors (Lipinski definition) is 6. The van der Waals surface area contributed by atoms with Crippen molar-refractivity contribution >= 4 is 41.2 Å². The van der Waals surface area contributed by atoms with Crippen LogP contribution in [0.3, 0.4) is 0 Å². The van der Waals surface area contributed by atoms with E-state index in [-0.39, 0.29) is 31.0 Å². The molecule has 0 fully saturated rings. The molecule has 13 nitrogen and oxygen atoms in total. The zero-order valence-corrected chi connectivity index (χ0v) is 17.3. The molecule has 0 aromatic heterocycles. The van der Waals surface area contributed by atoms with Crippen molar-refractivity contribution in [2.24, 2.45) is 0 Å². The molecule has 0 heterocycles. The van der Waals surface area contributed by atoms with Crippen molar-refractivity contribution in [3.63, 3.8) is 0 Å². The Morgan fingerprint density at radius 1 is 0.560 bits per heavy atom. The van der Waals surface area contributed by atoms with E-state index in [1.807, 2.05) is 0 Å². The second-order valence-corrected chi connectivity index (χ2v) is 3.29. The first-order valence-corrected chi connectivity index (χ1v) is 6.23. The molecule has 25 heavy (non-hydrogen) atoms. The van der Waals surface area contributed by atoms with Crippen LogP contribution in [0.25, 0.3) is 0 Å². The van der Waals surface area contributed by atoms with Crippen LogP contribution in [-0.2, 0) is 35.3 Å². The van der Waals surface area contributed by atoms with Crippen molar-refractivity contribution in [3.8, 4) is 0 Å². The summed E-state index contributed by atoms with van der Waals surface area (Å²) in [7, 11) is 0. The van der Waals surface area contributed by atoms with E-state index < -0.39 is 41.2 Å². The number of aliphatic carboxylic acids is 5. The standard InChI is InChI=1S/5C2H4O2.Na.H2O3S.H/c5*1-2(3)4;;1-4(2)3;/h5*1H3,(H,3,4);;(H2,1,2,3);/q;;;;;+1;;-1. The molecule has 0 bridgehead atoms. The van der Waals surface area contributed by atoms with Gasteiger partial charge in [-0.25, -0.2) is 0 Å². The Bertz CT molecular complexity index is 272. The molecule has 0 unspecified atom stereocenters. The fraction of sp³-hybridized carbons (Fsp3) is 0.500. The smallest absolute Gasteiger partial charge is 1.00 e. The van der Waals surface area contributed by atoms with Gasteiger partial charge in [0.15, 0.2) is 0 Å². The van der Waals surface area contributed by atoms with Gasteiger partial charge in [-0.05, 0) is 0 Å². The van der Waals surface area contributed by atoms with E-state index in [1.165, 1.54) is 0 Å². The molecule has 0 aromatic carbocycles. The Balaban J connectivity index is -0.0000000245. The quantitative estimate of drug-likeness (QED) is 0.159. The Labute approximate surface area is 169 Å². The van der Waals surface area contributed by atoms with Crippen molar-refractivity contribution in [2.75, 3.05) is 0 Å². The molecule has 0 saturated heterocycles. The molecule has 0 aliphatic rings. The number of rotatable bonds is 0. The summed E-state index contributed by atoms with van der Waals surface area (Å²) in [5.41, 5.74) is 0. The summed E-state index contributed by atoms with van der Waals surface area (Å²) in [6.45, 7) is 5.42. The summed E-state index contributed by atoms with van der Waals surface area (Å²) in [5.74, 6) is -4.17. The van der Waals surface area contributed by atoms with Gasteiger partial charge in [0.25, 0.3) is 41.2 Å². The topological polar surface area (TPSA) is 244 Å². The first-order chi connectivity index (χ1) is 10.4. The molecule has 148 valence electrons. The van der Waals surface area contributed by atoms with E-state index in [0.29, 0.717) is 0 Å². The van der Waals surface area contributed by atoms with Gasteiger partial charge in [0.1, 0.15) is 0 Å². The predicted molar refractivity (Wildman–Crippen MR) is 81.1 cm³/mol. The van der Waals surface area contributed by atoms with Crippen LogP contribution in [0, 0.1) is 0 Å². The van der Waals surface area contributed by atoms with Gasteiger partial charge < -0.3 is 27.0 Å². The summed E-state index contributed by atoms with van der Waals surface area (Å²) in [6, 6.07) is 0. The minimum Gasteiger partial charge on any atom is -1.00 e. The molecule has 0 radical (unpaired) electrons. The Hall–Kier alpha value is -1.58. The van der Waals surface area contributed by atoms with Crippen LogP contribution in [0.1, 0.15) is 36.0 Å². The van der Waals surface area contributed by atoms with E-state index in [1.54, 1.807) is 0 Å². The Morgan fingerprint density at radius 3 is 0.560 bits per heavy atom. The molecule has 0 aliphatic heterocycles. The van der Waals surface area contributed by atoms with E-state index >= 15 is 0 Å². The number of carboxylic acids is 5. The fourth-order valence-electron chi connectivity index (χ4n) is 0. The Kier molecular flexibility index (Phi) is 66.6. The SMILES string of the molecule is CC(=O)O.CC(=O)O.CC(=O)O.CC(=O)O.CC(=O)O.O=S(O)O.[H-].[Na+]. The molecule has 0 aliphatic carbocycles. The molecule has 0 rings (SSSR count). The van der Waals surface area contributed by atoms with Gasteiger partial charge in [-0.15, -0.1) is 0 Å². The van der Waals surface area contributed by atoms with Crippen LogP contribution in [0.4, 0.5) is 0 Å². The number of carboxylic acid groups (broad SMARTS) is 5.